The van der Waals surface area contributed by atoms with Gasteiger partial charge in [0, 0.05) is 7.05 Å². The van der Waals surface area contributed by atoms with Gasteiger partial charge in [-0.15, -0.1) is 0 Å². The van der Waals surface area contributed by atoms with Crippen LogP contribution in [-0.2, 0) is 6.18 Å². The van der Waals surface area contributed by atoms with E-state index in [1.807, 2.05) is 0 Å². The van der Waals surface area contributed by atoms with Crippen molar-refractivity contribution in [1.29, 1.82) is 0 Å². The normalized spacial score (nSPS) is 15.8. The number of halogens is 4. The van der Waals surface area contributed by atoms with E-state index in [0.717, 1.165) is 18.2 Å². The lowest BCUT2D eigenvalue weighted by Gasteiger charge is -2.38. The molecule has 2 amide bonds. The number of likely N-dealkylation sites (tertiary alicyclic amines) is 1. The molecule has 1 aromatic carbocycles. The number of hydrogen-bond donors (Lipinski definition) is 1. The van der Waals surface area contributed by atoms with E-state index in [2.05, 4.69) is 5.32 Å². The largest absolute Gasteiger partial charge is 0.485 e. The fourth-order valence-corrected chi connectivity index (χ4v) is 1.95. The zero-order chi connectivity index (χ0) is 14.9. The molecule has 1 aliphatic rings. The zero-order valence-electron chi connectivity index (χ0n) is 10.5. The van der Waals surface area contributed by atoms with Gasteiger partial charge in [0.1, 0.15) is 11.9 Å². The summed E-state index contributed by atoms with van der Waals surface area (Å²) in [5.74, 6) is -0.0250. The van der Waals surface area contributed by atoms with Gasteiger partial charge >= 0.3 is 12.2 Å². The van der Waals surface area contributed by atoms with E-state index in [0.29, 0.717) is 13.1 Å². The molecule has 20 heavy (non-hydrogen) atoms. The van der Waals surface area contributed by atoms with Crippen LogP contribution in [-0.4, -0.2) is 37.2 Å². The monoisotopic (exact) mass is 308 g/mol. The number of carbonyl (C=O) groups is 1. The fraction of sp³-hybridized carbons (Fsp3) is 0.417. The van der Waals surface area contributed by atoms with Crippen LogP contribution in [0.15, 0.2) is 18.2 Å². The number of alkyl halides is 3. The molecular formula is C12H12ClF3N2O2. The second-order valence-corrected chi connectivity index (χ2v) is 4.75. The molecule has 4 nitrogen and oxygen atoms in total. The van der Waals surface area contributed by atoms with Crippen molar-refractivity contribution in [2.45, 2.75) is 12.3 Å². The van der Waals surface area contributed by atoms with Gasteiger partial charge < -0.3 is 15.0 Å². The minimum absolute atomic E-state index is 0.0250. The van der Waals surface area contributed by atoms with E-state index < -0.39 is 11.7 Å². The topological polar surface area (TPSA) is 41.6 Å². The molecule has 0 aromatic heterocycles. The highest BCUT2D eigenvalue weighted by Gasteiger charge is 2.34. The Balaban J connectivity index is 2.02. The molecule has 8 heteroatoms. The maximum absolute atomic E-state index is 12.6. The molecule has 1 saturated heterocycles. The second kappa shape index (κ2) is 5.40. The molecule has 110 valence electrons. The summed E-state index contributed by atoms with van der Waals surface area (Å²) in [4.78, 5) is 12.7. The van der Waals surface area contributed by atoms with Gasteiger partial charge in [0.25, 0.3) is 0 Å². The number of nitrogens with one attached hydrogen (secondary N) is 1. The van der Waals surface area contributed by atoms with Crippen LogP contribution in [0.25, 0.3) is 0 Å². The summed E-state index contributed by atoms with van der Waals surface area (Å²) in [5, 5.41) is 2.56. The van der Waals surface area contributed by atoms with Crippen LogP contribution in [0.3, 0.4) is 0 Å². The quantitative estimate of drug-likeness (QED) is 0.913. The van der Waals surface area contributed by atoms with E-state index >= 15 is 0 Å². The van der Waals surface area contributed by atoms with Crippen LogP contribution < -0.4 is 10.1 Å². The number of ether oxygens (including phenoxy) is 1. The number of carbonyl (C=O) groups excluding carboxylic acids is 1. The first-order valence-electron chi connectivity index (χ1n) is 5.81. The molecule has 2 rings (SSSR count). The number of amides is 2. The van der Waals surface area contributed by atoms with Crippen molar-refractivity contribution < 1.29 is 22.7 Å². The number of benzene rings is 1. The average molecular weight is 309 g/mol. The Hall–Kier alpha value is -1.63. The Morgan fingerprint density at radius 3 is 2.65 bits per heavy atom. The summed E-state index contributed by atoms with van der Waals surface area (Å²) in [5.41, 5.74) is -0.820. The highest BCUT2D eigenvalue weighted by Crippen LogP contribution is 2.35. The van der Waals surface area contributed by atoms with Crippen molar-refractivity contribution in [1.82, 2.24) is 10.2 Å². The molecule has 1 aromatic rings. The van der Waals surface area contributed by atoms with Crippen molar-refractivity contribution in [3.05, 3.63) is 28.8 Å². The van der Waals surface area contributed by atoms with Crippen molar-refractivity contribution in [3.63, 3.8) is 0 Å². The predicted molar refractivity (Wildman–Crippen MR) is 66.9 cm³/mol. The number of rotatable bonds is 2. The third-order valence-corrected chi connectivity index (χ3v) is 3.21. The predicted octanol–water partition coefficient (Wildman–Crippen LogP) is 2.76. The van der Waals surface area contributed by atoms with Gasteiger partial charge in [0.05, 0.1) is 23.7 Å². The summed E-state index contributed by atoms with van der Waals surface area (Å²) in [6, 6.07) is 2.66. The van der Waals surface area contributed by atoms with Gasteiger partial charge in [0.15, 0.2) is 0 Å². The molecule has 1 fully saturated rings. The maximum Gasteiger partial charge on any atom is 0.416 e. The molecule has 1 N–H and O–H groups in total. The Bertz CT molecular complexity index is 516. The first-order valence-corrected chi connectivity index (χ1v) is 6.19. The van der Waals surface area contributed by atoms with Crippen LogP contribution in [0.5, 0.6) is 5.75 Å². The average Bonchev–Trinajstić information content (AvgIpc) is 2.33. The lowest BCUT2D eigenvalue weighted by Crippen LogP contribution is -2.58. The third kappa shape index (κ3) is 3.09. The lowest BCUT2D eigenvalue weighted by atomic mass is 10.1. The third-order valence-electron chi connectivity index (χ3n) is 2.90. The van der Waals surface area contributed by atoms with Crippen molar-refractivity contribution in [2.75, 3.05) is 20.1 Å². The molecule has 0 atom stereocenters. The van der Waals surface area contributed by atoms with Gasteiger partial charge in [-0.2, -0.15) is 13.2 Å². The Morgan fingerprint density at radius 2 is 2.10 bits per heavy atom. The van der Waals surface area contributed by atoms with Crippen LogP contribution in [0.2, 0.25) is 5.02 Å². The fourth-order valence-electron chi connectivity index (χ4n) is 1.79. The molecule has 0 aliphatic carbocycles. The number of hydrogen-bond acceptors (Lipinski definition) is 2. The highest BCUT2D eigenvalue weighted by atomic mass is 35.5. The van der Waals surface area contributed by atoms with Crippen LogP contribution >= 0.6 is 11.6 Å². The Kier molecular flexibility index (Phi) is 3.99. The minimum Gasteiger partial charge on any atom is -0.485 e. The van der Waals surface area contributed by atoms with Crippen molar-refractivity contribution in [2.24, 2.45) is 0 Å². The minimum atomic E-state index is -4.45. The van der Waals surface area contributed by atoms with Gasteiger partial charge in [0.2, 0.25) is 0 Å². The van der Waals surface area contributed by atoms with Crippen molar-refractivity contribution in [3.8, 4) is 5.75 Å². The first-order chi connectivity index (χ1) is 9.31. The summed E-state index contributed by atoms with van der Waals surface area (Å²) >= 11 is 5.81. The summed E-state index contributed by atoms with van der Waals surface area (Å²) in [6.45, 7) is 0.624. The highest BCUT2D eigenvalue weighted by molar-refractivity contribution is 6.32. The maximum atomic E-state index is 12.6. The molecule has 1 heterocycles. The summed E-state index contributed by atoms with van der Waals surface area (Å²) in [6.07, 6.45) is -4.80. The van der Waals surface area contributed by atoms with E-state index in [1.165, 1.54) is 11.9 Å². The first kappa shape index (κ1) is 14.8. The molecule has 0 radical (unpaired) electrons. The molecular weight excluding hydrogens is 297 g/mol. The standard InChI is InChI=1S/C12H12ClF3N2O2/c1-17-11(19)18-5-8(6-18)20-10-4-7(12(14,15)16)2-3-9(10)13/h2-4,8H,5-6H2,1H3,(H,17,19). The van der Waals surface area contributed by atoms with Crippen LogP contribution in [0, 0.1) is 0 Å². The Labute approximate surface area is 118 Å². The SMILES string of the molecule is CNC(=O)N1CC(Oc2cc(C(F)(F)F)ccc2Cl)C1. The second-order valence-electron chi connectivity index (χ2n) is 4.34. The van der Waals surface area contributed by atoms with Gasteiger partial charge in [-0.1, -0.05) is 11.6 Å². The van der Waals surface area contributed by atoms with E-state index in [1.54, 1.807) is 0 Å². The van der Waals surface area contributed by atoms with Crippen molar-refractivity contribution >= 4 is 17.6 Å². The van der Waals surface area contributed by atoms with Gasteiger partial charge in [-0.25, -0.2) is 4.79 Å². The lowest BCUT2D eigenvalue weighted by molar-refractivity contribution is -0.137. The Morgan fingerprint density at radius 1 is 1.45 bits per heavy atom. The number of nitrogens with zero attached hydrogens (tertiary/aromatic N) is 1. The summed E-state index contributed by atoms with van der Waals surface area (Å²) < 4.78 is 43.1. The summed E-state index contributed by atoms with van der Waals surface area (Å²) in [7, 11) is 1.50. The molecule has 0 spiro atoms. The molecule has 0 unspecified atom stereocenters. The van der Waals surface area contributed by atoms with Crippen LogP contribution in [0.1, 0.15) is 5.56 Å². The van der Waals surface area contributed by atoms with E-state index in [-0.39, 0.29) is 22.9 Å². The van der Waals surface area contributed by atoms with E-state index in [4.69, 9.17) is 16.3 Å². The molecule has 0 saturated carbocycles. The zero-order valence-corrected chi connectivity index (χ0v) is 11.3. The van der Waals surface area contributed by atoms with Gasteiger partial charge in [-0.3, -0.25) is 0 Å². The number of urea groups is 1. The molecule has 0 bridgehead atoms. The van der Waals surface area contributed by atoms with E-state index in [9.17, 15) is 18.0 Å². The van der Waals surface area contributed by atoms with Gasteiger partial charge in [-0.05, 0) is 18.2 Å². The van der Waals surface area contributed by atoms with Crippen LogP contribution in [0.4, 0.5) is 18.0 Å². The molecule has 1 aliphatic heterocycles. The smallest absolute Gasteiger partial charge is 0.416 e.